The van der Waals surface area contributed by atoms with Crippen LogP contribution in [0.25, 0.3) is 10.8 Å². The number of carbonyl (C=O) groups excluding carboxylic acids is 1. The van der Waals surface area contributed by atoms with Crippen LogP contribution in [-0.4, -0.2) is 22.6 Å². The molecular weight excluding hydrogens is 496 g/mol. The quantitative estimate of drug-likeness (QED) is 0.263. The number of nitrogens with one attached hydrogen (secondary N) is 2. The number of anilines is 2. The number of halogens is 4. The zero-order valence-corrected chi connectivity index (χ0v) is 17.2. The van der Waals surface area contributed by atoms with E-state index in [9.17, 15) is 18.0 Å². The Kier molecular flexibility index (Phi) is 6.36. The van der Waals surface area contributed by atoms with E-state index in [0.717, 1.165) is 23.2 Å². The summed E-state index contributed by atoms with van der Waals surface area (Å²) in [4.78, 5) is 12.6. The molecule has 0 radical (unpaired) electrons. The van der Waals surface area contributed by atoms with Gasteiger partial charge < -0.3 is 10.6 Å². The molecule has 1 aromatic heterocycles. The van der Waals surface area contributed by atoms with Crippen LogP contribution in [-0.2, 0) is 10.6 Å². The van der Waals surface area contributed by atoms with E-state index in [2.05, 4.69) is 50.0 Å². The van der Waals surface area contributed by atoms with Gasteiger partial charge in [-0.25, -0.2) is 0 Å². The lowest BCUT2D eigenvalue weighted by atomic mass is 10.1. The molecule has 150 valence electrons. The second kappa shape index (κ2) is 8.76. The maximum absolute atomic E-state index is 12.9. The van der Waals surface area contributed by atoms with Crippen LogP contribution in [0.3, 0.4) is 0 Å². The van der Waals surface area contributed by atoms with Gasteiger partial charge in [-0.3, -0.25) is 4.79 Å². The summed E-state index contributed by atoms with van der Waals surface area (Å²) in [5, 5.41) is 15.5. The number of alkyl halides is 4. The average molecular weight is 512 g/mol. The minimum atomic E-state index is -4.48. The third kappa shape index (κ3) is 4.84. The second-order valence-corrected chi connectivity index (χ2v) is 6.85. The largest absolute Gasteiger partial charge is 0.416 e. The van der Waals surface area contributed by atoms with Crippen molar-refractivity contribution in [3.8, 4) is 0 Å². The maximum atomic E-state index is 12.9. The maximum Gasteiger partial charge on any atom is 0.416 e. The first-order valence-electron chi connectivity index (χ1n) is 8.52. The molecule has 0 fully saturated rings. The minimum absolute atomic E-state index is 0.0655. The fourth-order valence-corrected chi connectivity index (χ4v) is 3.29. The minimum Gasteiger partial charge on any atom is -0.365 e. The molecule has 9 heteroatoms. The Hall–Kier alpha value is -2.69. The Morgan fingerprint density at radius 3 is 2.62 bits per heavy atom. The van der Waals surface area contributed by atoms with Crippen molar-refractivity contribution in [2.75, 3.05) is 17.2 Å². The van der Waals surface area contributed by atoms with E-state index in [4.69, 9.17) is 0 Å². The molecule has 0 aliphatic heterocycles. The fraction of sp³-hybridized carbons (Fsp3) is 0.150. The zero-order chi connectivity index (χ0) is 21.0. The van der Waals surface area contributed by atoms with Gasteiger partial charge in [-0.15, -0.1) is 11.7 Å². The lowest BCUT2D eigenvalue weighted by Gasteiger charge is -2.12. The number of carbonyl (C=O) groups is 1. The van der Waals surface area contributed by atoms with E-state index in [1.54, 1.807) is 24.3 Å². The van der Waals surface area contributed by atoms with Crippen LogP contribution in [0.5, 0.6) is 0 Å². The molecule has 0 saturated heterocycles. The summed E-state index contributed by atoms with van der Waals surface area (Å²) in [7, 11) is 0. The molecule has 0 aliphatic rings. The molecule has 2 N–H and O–H groups in total. The number of fused-ring (bicyclic) bond motifs is 1. The van der Waals surface area contributed by atoms with Gasteiger partial charge in [0.25, 0.3) is 5.91 Å². The Morgan fingerprint density at radius 2 is 1.93 bits per heavy atom. The molecule has 0 atom stereocenters. The highest BCUT2D eigenvalue weighted by molar-refractivity contribution is 14.1. The smallest absolute Gasteiger partial charge is 0.365 e. The van der Waals surface area contributed by atoms with Crippen molar-refractivity contribution < 1.29 is 18.0 Å². The highest BCUT2D eigenvalue weighted by Gasteiger charge is 2.30. The number of hydrogen-bond acceptors (Lipinski definition) is 4. The van der Waals surface area contributed by atoms with Gasteiger partial charge in [0.2, 0.25) is 0 Å². The number of rotatable bonds is 6. The van der Waals surface area contributed by atoms with Crippen molar-refractivity contribution in [1.82, 2.24) is 10.2 Å². The van der Waals surface area contributed by atoms with E-state index < -0.39 is 17.6 Å². The molecule has 5 nitrogen and oxygen atoms in total. The normalized spacial score (nSPS) is 11.3. The van der Waals surface area contributed by atoms with Crippen molar-refractivity contribution in [1.29, 1.82) is 0 Å². The summed E-state index contributed by atoms with van der Waals surface area (Å²) in [5.74, 6) is -0.0176. The summed E-state index contributed by atoms with van der Waals surface area (Å²) in [6, 6.07) is 9.53. The van der Waals surface area contributed by atoms with Crippen molar-refractivity contribution in [2.45, 2.75) is 10.6 Å². The molecule has 3 rings (SSSR count). The number of hydrogen-bond donors (Lipinski definition) is 2. The predicted octanol–water partition coefficient (Wildman–Crippen LogP) is 5.43. The van der Waals surface area contributed by atoms with Crippen molar-refractivity contribution in [3.05, 3.63) is 71.9 Å². The van der Waals surface area contributed by atoms with E-state index >= 15 is 0 Å². The summed E-state index contributed by atoms with van der Waals surface area (Å²) in [5.41, 5.74) is 0.306. The van der Waals surface area contributed by atoms with Crippen LogP contribution in [0.1, 0.15) is 21.6 Å². The van der Waals surface area contributed by atoms with Gasteiger partial charge in [-0.1, -0.05) is 40.8 Å². The van der Waals surface area contributed by atoms with Crippen molar-refractivity contribution in [3.63, 3.8) is 0 Å². The van der Waals surface area contributed by atoms with Crippen LogP contribution in [0.2, 0.25) is 0 Å². The molecule has 0 spiro atoms. The van der Waals surface area contributed by atoms with Crippen molar-refractivity contribution in [2.24, 2.45) is 0 Å². The van der Waals surface area contributed by atoms with Gasteiger partial charge in [-0.2, -0.15) is 18.3 Å². The van der Waals surface area contributed by atoms with E-state index in [0.29, 0.717) is 27.7 Å². The molecule has 0 unspecified atom stereocenters. The number of benzene rings is 2. The van der Waals surface area contributed by atoms with Gasteiger partial charge >= 0.3 is 6.18 Å². The van der Waals surface area contributed by atoms with Gasteiger partial charge in [0.05, 0.1) is 11.3 Å². The molecule has 1 amide bonds. The number of aromatic nitrogens is 2. The molecule has 0 saturated carbocycles. The van der Waals surface area contributed by atoms with Crippen LogP contribution >= 0.6 is 22.6 Å². The lowest BCUT2D eigenvalue weighted by molar-refractivity contribution is -0.137. The topological polar surface area (TPSA) is 66.9 Å². The summed E-state index contributed by atoms with van der Waals surface area (Å²) >= 11 is 2.18. The SMILES string of the molecule is C=CCNc1nnc(CI)c2ccc(C(=O)Nc3cccc(C(F)(F)F)c3)cc12. The molecule has 3 aromatic rings. The summed E-state index contributed by atoms with van der Waals surface area (Å²) in [6.45, 7) is 4.12. The summed E-state index contributed by atoms with van der Waals surface area (Å²) in [6.07, 6.45) is -2.81. The van der Waals surface area contributed by atoms with E-state index in [1.807, 2.05) is 0 Å². The average Bonchev–Trinajstić information content (AvgIpc) is 2.71. The van der Waals surface area contributed by atoms with E-state index in [-0.39, 0.29) is 5.69 Å². The zero-order valence-electron chi connectivity index (χ0n) is 15.1. The fourth-order valence-electron chi connectivity index (χ4n) is 2.73. The highest BCUT2D eigenvalue weighted by atomic mass is 127. The van der Waals surface area contributed by atoms with Gasteiger partial charge in [0.1, 0.15) is 0 Å². The first kappa shape index (κ1) is 21.0. The second-order valence-electron chi connectivity index (χ2n) is 6.09. The van der Waals surface area contributed by atoms with Crippen LogP contribution in [0.15, 0.2) is 55.1 Å². The molecule has 1 heterocycles. The molecular formula is C20H16F3IN4O. The first-order chi connectivity index (χ1) is 13.8. The number of amides is 1. The third-order valence-corrected chi connectivity index (χ3v) is 4.83. The number of nitrogens with zero attached hydrogens (tertiary/aromatic N) is 2. The van der Waals surface area contributed by atoms with Crippen LogP contribution in [0.4, 0.5) is 24.7 Å². The monoisotopic (exact) mass is 512 g/mol. The Labute approximate surface area is 178 Å². The van der Waals surface area contributed by atoms with Gasteiger partial charge in [-0.05, 0) is 30.3 Å². The Bertz CT molecular complexity index is 1070. The van der Waals surface area contributed by atoms with Crippen LogP contribution < -0.4 is 10.6 Å². The van der Waals surface area contributed by atoms with Gasteiger partial charge in [0, 0.05) is 33.0 Å². The Morgan fingerprint density at radius 1 is 1.14 bits per heavy atom. The lowest BCUT2D eigenvalue weighted by Crippen LogP contribution is -2.13. The van der Waals surface area contributed by atoms with E-state index in [1.165, 1.54) is 12.1 Å². The first-order valence-corrected chi connectivity index (χ1v) is 10.0. The highest BCUT2D eigenvalue weighted by Crippen LogP contribution is 2.31. The molecule has 29 heavy (non-hydrogen) atoms. The molecule has 0 bridgehead atoms. The van der Waals surface area contributed by atoms with Gasteiger partial charge in [0.15, 0.2) is 5.82 Å². The van der Waals surface area contributed by atoms with Crippen LogP contribution in [0, 0.1) is 0 Å². The molecule has 0 aliphatic carbocycles. The standard InChI is InChI=1S/C20H16F3IN4O/c1-2-8-25-18-16-9-12(6-7-15(16)17(11-24)27-28-18)19(29)26-14-5-3-4-13(10-14)20(21,22)23/h2-7,9-10H,1,8,11H2,(H,25,28)(H,26,29). The molecule has 2 aromatic carbocycles. The summed E-state index contributed by atoms with van der Waals surface area (Å²) < 4.78 is 39.3. The third-order valence-electron chi connectivity index (χ3n) is 4.11. The van der Waals surface area contributed by atoms with Crippen molar-refractivity contribution >= 4 is 50.8 Å². The Balaban J connectivity index is 1.95. The predicted molar refractivity (Wildman–Crippen MR) is 115 cm³/mol.